The lowest BCUT2D eigenvalue weighted by molar-refractivity contribution is -0.124. The quantitative estimate of drug-likeness (QED) is 0.420. The molecule has 0 fully saturated rings. The van der Waals surface area contributed by atoms with E-state index in [4.69, 9.17) is 14.2 Å². The summed E-state index contributed by atoms with van der Waals surface area (Å²) in [6, 6.07) is 15.2. The fraction of sp³-hybridized carbons (Fsp3) is 0.292. The first-order valence-electron chi connectivity index (χ1n) is 10.00. The Morgan fingerprint density at radius 1 is 1.06 bits per heavy atom. The van der Waals surface area contributed by atoms with Crippen molar-refractivity contribution in [2.75, 3.05) is 26.9 Å². The summed E-state index contributed by atoms with van der Waals surface area (Å²) < 4.78 is 16.0. The topological polar surface area (TPSA) is 86.8 Å². The molecule has 0 saturated heterocycles. The minimum Gasteiger partial charge on any atom is -0.492 e. The fourth-order valence-electron chi connectivity index (χ4n) is 3.27. The maximum absolute atomic E-state index is 12.7. The molecule has 1 aromatic heterocycles. The molecule has 0 aliphatic heterocycles. The van der Waals surface area contributed by atoms with Crippen molar-refractivity contribution in [3.8, 4) is 5.75 Å². The number of carbonyl (C=O) groups is 2. The van der Waals surface area contributed by atoms with E-state index in [0.29, 0.717) is 24.4 Å². The van der Waals surface area contributed by atoms with Gasteiger partial charge in [0.2, 0.25) is 0 Å². The molecule has 7 nitrogen and oxygen atoms in total. The van der Waals surface area contributed by atoms with Gasteiger partial charge in [-0.3, -0.25) is 4.79 Å². The molecule has 1 N–H and O–H groups in total. The molecular weight excluding hydrogens is 396 g/mol. The Morgan fingerprint density at radius 3 is 2.65 bits per heavy atom. The number of para-hydroxylation sites is 1. The largest absolute Gasteiger partial charge is 0.492 e. The predicted octanol–water partition coefficient (Wildman–Crippen LogP) is 3.35. The highest BCUT2D eigenvalue weighted by Gasteiger charge is 2.20. The number of pyridine rings is 1. The maximum Gasteiger partial charge on any atom is 0.340 e. The van der Waals surface area contributed by atoms with Crippen LogP contribution in [-0.2, 0) is 20.9 Å². The Hall–Kier alpha value is -3.45. The van der Waals surface area contributed by atoms with Crippen LogP contribution in [0.5, 0.6) is 5.75 Å². The summed E-state index contributed by atoms with van der Waals surface area (Å²) in [4.78, 5) is 29.3. The molecule has 162 valence electrons. The van der Waals surface area contributed by atoms with Gasteiger partial charge < -0.3 is 19.5 Å². The van der Waals surface area contributed by atoms with Gasteiger partial charge in [-0.25, -0.2) is 9.78 Å². The molecule has 0 bridgehead atoms. The zero-order chi connectivity index (χ0) is 22.2. The van der Waals surface area contributed by atoms with Crippen LogP contribution in [0.4, 0.5) is 0 Å². The number of amides is 1. The van der Waals surface area contributed by atoms with Gasteiger partial charge in [-0.15, -0.1) is 0 Å². The molecule has 3 rings (SSSR count). The first-order chi connectivity index (χ1) is 15.0. The van der Waals surface area contributed by atoms with E-state index in [1.807, 2.05) is 62.4 Å². The SMILES string of the molecule is COCc1nc2ccccc2c(C)c1C(=O)OCC(=O)NCCOc1cccc(C)c1. The van der Waals surface area contributed by atoms with E-state index >= 15 is 0 Å². The number of aryl methyl sites for hydroxylation is 2. The van der Waals surface area contributed by atoms with Gasteiger partial charge in [0.25, 0.3) is 5.91 Å². The number of benzene rings is 2. The summed E-state index contributed by atoms with van der Waals surface area (Å²) in [5, 5.41) is 3.53. The average molecular weight is 422 g/mol. The number of aromatic nitrogens is 1. The zero-order valence-corrected chi connectivity index (χ0v) is 17.9. The lowest BCUT2D eigenvalue weighted by Crippen LogP contribution is -2.32. The highest BCUT2D eigenvalue weighted by atomic mass is 16.5. The summed E-state index contributed by atoms with van der Waals surface area (Å²) in [6.07, 6.45) is 0. The second-order valence-electron chi connectivity index (χ2n) is 7.10. The highest BCUT2D eigenvalue weighted by Crippen LogP contribution is 2.24. The van der Waals surface area contributed by atoms with Gasteiger partial charge in [-0.1, -0.05) is 30.3 Å². The molecule has 0 unspecified atom stereocenters. The molecule has 1 heterocycles. The third-order valence-corrected chi connectivity index (χ3v) is 4.73. The summed E-state index contributed by atoms with van der Waals surface area (Å²) in [5.74, 6) is -0.263. The van der Waals surface area contributed by atoms with Crippen molar-refractivity contribution < 1.29 is 23.8 Å². The van der Waals surface area contributed by atoms with Crippen LogP contribution in [0.1, 0.15) is 27.2 Å². The van der Waals surface area contributed by atoms with Gasteiger partial charge >= 0.3 is 5.97 Å². The van der Waals surface area contributed by atoms with Crippen LogP contribution in [0.2, 0.25) is 0 Å². The normalized spacial score (nSPS) is 10.7. The monoisotopic (exact) mass is 422 g/mol. The Labute approximate surface area is 181 Å². The molecular formula is C24H26N2O5. The highest BCUT2D eigenvalue weighted by molar-refractivity contribution is 5.99. The van der Waals surface area contributed by atoms with Crippen molar-refractivity contribution in [2.45, 2.75) is 20.5 Å². The molecule has 0 saturated carbocycles. The minimum absolute atomic E-state index is 0.165. The van der Waals surface area contributed by atoms with E-state index in [-0.39, 0.29) is 13.2 Å². The lowest BCUT2D eigenvalue weighted by Gasteiger charge is -2.14. The number of hydrogen-bond donors (Lipinski definition) is 1. The number of esters is 1. The van der Waals surface area contributed by atoms with Crippen LogP contribution < -0.4 is 10.1 Å². The number of rotatable bonds is 9. The smallest absolute Gasteiger partial charge is 0.340 e. The molecule has 1 amide bonds. The van der Waals surface area contributed by atoms with Crippen molar-refractivity contribution >= 4 is 22.8 Å². The molecule has 3 aromatic rings. The summed E-state index contributed by atoms with van der Waals surface area (Å²) in [7, 11) is 1.54. The Kier molecular flexibility index (Phi) is 7.56. The van der Waals surface area contributed by atoms with Gasteiger partial charge in [0.15, 0.2) is 6.61 Å². The van der Waals surface area contributed by atoms with E-state index in [1.165, 1.54) is 7.11 Å². The van der Waals surface area contributed by atoms with Gasteiger partial charge in [-0.2, -0.15) is 0 Å². The van der Waals surface area contributed by atoms with Crippen LogP contribution in [0.15, 0.2) is 48.5 Å². The van der Waals surface area contributed by atoms with Crippen molar-refractivity contribution in [3.63, 3.8) is 0 Å². The summed E-state index contributed by atoms with van der Waals surface area (Å²) in [5.41, 5.74) is 3.43. The third kappa shape index (κ3) is 5.79. The zero-order valence-electron chi connectivity index (χ0n) is 17.9. The van der Waals surface area contributed by atoms with Crippen molar-refractivity contribution in [3.05, 3.63) is 70.9 Å². The summed E-state index contributed by atoms with van der Waals surface area (Å²) in [6.45, 7) is 4.21. The van der Waals surface area contributed by atoms with Gasteiger partial charge in [-0.05, 0) is 43.2 Å². The van der Waals surface area contributed by atoms with E-state index in [1.54, 1.807) is 0 Å². The number of nitrogens with zero attached hydrogens (tertiary/aromatic N) is 1. The van der Waals surface area contributed by atoms with Crippen LogP contribution >= 0.6 is 0 Å². The standard InChI is InChI=1S/C24H26N2O5/c1-16-7-6-8-18(13-16)30-12-11-25-22(27)15-31-24(28)23-17(2)19-9-4-5-10-20(19)26-21(23)14-29-3/h4-10,13H,11-12,14-15H2,1-3H3,(H,25,27). The van der Waals surface area contributed by atoms with Crippen molar-refractivity contribution in [1.29, 1.82) is 0 Å². The van der Waals surface area contributed by atoms with Crippen LogP contribution in [0, 0.1) is 13.8 Å². The Balaban J connectivity index is 1.56. The van der Waals surface area contributed by atoms with Gasteiger partial charge in [0, 0.05) is 12.5 Å². The average Bonchev–Trinajstić information content (AvgIpc) is 2.76. The minimum atomic E-state index is -0.603. The van der Waals surface area contributed by atoms with E-state index in [0.717, 1.165) is 27.8 Å². The lowest BCUT2D eigenvalue weighted by atomic mass is 10.0. The fourth-order valence-corrected chi connectivity index (χ4v) is 3.27. The molecule has 7 heteroatoms. The molecule has 0 spiro atoms. The Morgan fingerprint density at radius 2 is 1.87 bits per heavy atom. The van der Waals surface area contributed by atoms with Crippen LogP contribution in [0.3, 0.4) is 0 Å². The van der Waals surface area contributed by atoms with Crippen molar-refractivity contribution in [2.24, 2.45) is 0 Å². The number of ether oxygens (including phenoxy) is 3. The molecule has 31 heavy (non-hydrogen) atoms. The van der Waals surface area contributed by atoms with E-state index in [9.17, 15) is 9.59 Å². The molecule has 0 aliphatic rings. The third-order valence-electron chi connectivity index (χ3n) is 4.73. The molecule has 0 aliphatic carbocycles. The number of carbonyl (C=O) groups excluding carboxylic acids is 2. The number of nitrogens with one attached hydrogen (secondary N) is 1. The van der Waals surface area contributed by atoms with E-state index < -0.39 is 11.9 Å². The second kappa shape index (κ2) is 10.5. The number of fused-ring (bicyclic) bond motifs is 1. The van der Waals surface area contributed by atoms with Crippen LogP contribution in [0.25, 0.3) is 10.9 Å². The predicted molar refractivity (Wildman–Crippen MR) is 117 cm³/mol. The molecule has 0 atom stereocenters. The maximum atomic E-state index is 12.7. The van der Waals surface area contributed by atoms with Gasteiger partial charge in [0.05, 0.1) is 29.9 Å². The van der Waals surface area contributed by atoms with E-state index in [2.05, 4.69) is 10.3 Å². The van der Waals surface area contributed by atoms with Crippen LogP contribution in [-0.4, -0.2) is 43.7 Å². The molecule has 0 radical (unpaired) electrons. The molecule has 2 aromatic carbocycles. The first kappa shape index (κ1) is 22.2. The number of hydrogen-bond acceptors (Lipinski definition) is 6. The Bertz CT molecular complexity index is 1080. The van der Waals surface area contributed by atoms with Gasteiger partial charge in [0.1, 0.15) is 12.4 Å². The summed E-state index contributed by atoms with van der Waals surface area (Å²) >= 11 is 0. The second-order valence-corrected chi connectivity index (χ2v) is 7.10. The van der Waals surface area contributed by atoms with Crippen molar-refractivity contribution in [1.82, 2.24) is 10.3 Å². The number of methoxy groups -OCH3 is 1. The first-order valence-corrected chi connectivity index (χ1v) is 10.00.